The number of phenolic OH excluding ortho intramolecular Hbond substituents is 1. The molecule has 0 saturated heterocycles. The van der Waals surface area contributed by atoms with Crippen LogP contribution >= 0.6 is 0 Å². The summed E-state index contributed by atoms with van der Waals surface area (Å²) in [5.74, 6) is -0.570. The minimum absolute atomic E-state index is 0.00692. The maximum atomic E-state index is 11.3. The summed E-state index contributed by atoms with van der Waals surface area (Å²) in [5.41, 5.74) is -0.293. The number of carboxylic acids is 1. The fourth-order valence-corrected chi connectivity index (χ4v) is 2.24. The minimum atomic E-state index is -0.871. The Morgan fingerprint density at radius 1 is 1.44 bits per heavy atom. The van der Waals surface area contributed by atoms with E-state index in [0.29, 0.717) is 18.4 Å². The zero-order chi connectivity index (χ0) is 11.8. The van der Waals surface area contributed by atoms with Crippen LogP contribution in [0.25, 0.3) is 0 Å². The average Bonchev–Trinajstić information content (AvgIpc) is 2.15. The van der Waals surface area contributed by atoms with Crippen LogP contribution in [0.2, 0.25) is 0 Å². The van der Waals surface area contributed by atoms with E-state index in [1.165, 1.54) is 13.2 Å². The molecule has 1 aromatic rings. The lowest BCUT2D eigenvalue weighted by atomic mass is 9.64. The second kappa shape index (κ2) is 3.70. The lowest BCUT2D eigenvalue weighted by molar-refractivity contribution is -0.147. The molecular formula is C12H14O4. The number of carbonyl (C=O) groups is 1. The molecule has 0 spiro atoms. The maximum absolute atomic E-state index is 11.3. The second-order valence-electron chi connectivity index (χ2n) is 4.10. The molecule has 0 radical (unpaired) electrons. The van der Waals surface area contributed by atoms with Crippen LogP contribution in [0.3, 0.4) is 0 Å². The van der Waals surface area contributed by atoms with Gasteiger partial charge in [-0.15, -0.1) is 0 Å². The molecule has 0 aromatic heterocycles. The van der Waals surface area contributed by atoms with Crippen LogP contribution in [0.4, 0.5) is 0 Å². The van der Waals surface area contributed by atoms with Crippen molar-refractivity contribution in [2.24, 2.45) is 0 Å². The van der Waals surface area contributed by atoms with E-state index in [1.54, 1.807) is 12.1 Å². The minimum Gasteiger partial charge on any atom is -0.504 e. The Kier molecular flexibility index (Phi) is 2.50. The first-order chi connectivity index (χ1) is 7.62. The summed E-state index contributed by atoms with van der Waals surface area (Å²) in [6, 6.07) is 4.86. The van der Waals surface area contributed by atoms with Gasteiger partial charge >= 0.3 is 5.97 Å². The third-order valence-electron chi connectivity index (χ3n) is 3.33. The molecule has 4 heteroatoms. The molecule has 1 aliphatic rings. The Morgan fingerprint density at radius 3 is 2.56 bits per heavy atom. The Labute approximate surface area is 93.5 Å². The van der Waals surface area contributed by atoms with E-state index < -0.39 is 11.4 Å². The third-order valence-corrected chi connectivity index (χ3v) is 3.33. The van der Waals surface area contributed by atoms with E-state index in [-0.39, 0.29) is 11.5 Å². The largest absolute Gasteiger partial charge is 0.504 e. The van der Waals surface area contributed by atoms with Crippen molar-refractivity contribution in [1.29, 1.82) is 0 Å². The van der Waals surface area contributed by atoms with Gasteiger partial charge in [0, 0.05) is 5.56 Å². The van der Waals surface area contributed by atoms with Gasteiger partial charge in [0.2, 0.25) is 0 Å². The number of methoxy groups -OCH3 is 1. The number of phenols is 1. The highest BCUT2D eigenvalue weighted by atomic mass is 16.5. The summed E-state index contributed by atoms with van der Waals surface area (Å²) in [7, 11) is 1.44. The second-order valence-corrected chi connectivity index (χ2v) is 4.10. The predicted octanol–water partition coefficient (Wildman–Crippen LogP) is 1.91. The molecule has 0 unspecified atom stereocenters. The molecule has 2 rings (SSSR count). The molecule has 1 aliphatic carbocycles. The fourth-order valence-electron chi connectivity index (χ4n) is 2.24. The normalized spacial score (nSPS) is 17.6. The summed E-state index contributed by atoms with van der Waals surface area (Å²) < 4.78 is 5.09. The van der Waals surface area contributed by atoms with E-state index >= 15 is 0 Å². The molecular weight excluding hydrogens is 208 g/mol. The van der Waals surface area contributed by atoms with Crippen LogP contribution < -0.4 is 4.74 Å². The molecule has 86 valence electrons. The number of para-hydroxylation sites is 1. The predicted molar refractivity (Wildman–Crippen MR) is 57.8 cm³/mol. The van der Waals surface area contributed by atoms with Crippen LogP contribution in [-0.4, -0.2) is 23.3 Å². The van der Waals surface area contributed by atoms with Gasteiger partial charge in [-0.05, 0) is 18.9 Å². The van der Waals surface area contributed by atoms with Gasteiger partial charge in [0.25, 0.3) is 0 Å². The van der Waals surface area contributed by atoms with Gasteiger partial charge in [0.05, 0.1) is 12.5 Å². The van der Waals surface area contributed by atoms with Crippen molar-refractivity contribution in [3.05, 3.63) is 23.8 Å². The molecule has 0 amide bonds. The number of hydrogen-bond acceptors (Lipinski definition) is 3. The van der Waals surface area contributed by atoms with Crippen molar-refractivity contribution in [2.75, 3.05) is 7.11 Å². The summed E-state index contributed by atoms with van der Waals surface area (Å²) in [4.78, 5) is 11.3. The molecule has 0 aliphatic heterocycles. The standard InChI is InChI=1S/C12H14O4/c1-16-10-8(4-2-5-9(10)13)12(11(14)15)6-3-7-12/h2,4-5,13H,3,6-7H2,1H3,(H,14,15). The molecule has 2 N–H and O–H groups in total. The van der Waals surface area contributed by atoms with Crippen LogP contribution in [0.1, 0.15) is 24.8 Å². The molecule has 1 fully saturated rings. The Bertz CT molecular complexity index is 421. The van der Waals surface area contributed by atoms with Crippen LogP contribution in [0.5, 0.6) is 11.5 Å². The van der Waals surface area contributed by atoms with E-state index in [2.05, 4.69) is 0 Å². The number of benzene rings is 1. The molecule has 0 atom stereocenters. The van der Waals surface area contributed by atoms with Crippen molar-refractivity contribution in [3.63, 3.8) is 0 Å². The zero-order valence-electron chi connectivity index (χ0n) is 9.06. The first-order valence-electron chi connectivity index (χ1n) is 5.21. The summed E-state index contributed by atoms with van der Waals surface area (Å²) in [6.07, 6.45) is 2.09. The van der Waals surface area contributed by atoms with E-state index in [1.807, 2.05) is 0 Å². The monoisotopic (exact) mass is 222 g/mol. The zero-order valence-corrected chi connectivity index (χ0v) is 9.06. The number of hydrogen-bond donors (Lipinski definition) is 2. The average molecular weight is 222 g/mol. The van der Waals surface area contributed by atoms with Crippen molar-refractivity contribution >= 4 is 5.97 Å². The van der Waals surface area contributed by atoms with Crippen LogP contribution in [-0.2, 0) is 10.2 Å². The highest BCUT2D eigenvalue weighted by Crippen LogP contribution is 2.49. The summed E-state index contributed by atoms with van der Waals surface area (Å²) in [6.45, 7) is 0. The number of rotatable bonds is 3. The quantitative estimate of drug-likeness (QED) is 0.819. The van der Waals surface area contributed by atoms with Crippen LogP contribution in [0, 0.1) is 0 Å². The van der Waals surface area contributed by atoms with Crippen molar-refractivity contribution in [1.82, 2.24) is 0 Å². The van der Waals surface area contributed by atoms with E-state index in [0.717, 1.165) is 6.42 Å². The van der Waals surface area contributed by atoms with E-state index in [4.69, 9.17) is 4.74 Å². The van der Waals surface area contributed by atoms with Gasteiger partial charge in [0.15, 0.2) is 11.5 Å². The number of ether oxygens (including phenoxy) is 1. The Morgan fingerprint density at radius 2 is 2.12 bits per heavy atom. The number of aromatic hydroxyl groups is 1. The van der Waals surface area contributed by atoms with Crippen molar-refractivity contribution in [2.45, 2.75) is 24.7 Å². The molecule has 4 nitrogen and oxygen atoms in total. The highest BCUT2D eigenvalue weighted by Gasteiger charge is 2.48. The van der Waals surface area contributed by atoms with Crippen molar-refractivity contribution < 1.29 is 19.7 Å². The number of carboxylic acid groups (broad SMARTS) is 1. The summed E-state index contributed by atoms with van der Waals surface area (Å²) in [5, 5.41) is 18.9. The lowest BCUT2D eigenvalue weighted by Crippen LogP contribution is -2.42. The van der Waals surface area contributed by atoms with Gasteiger partial charge in [0.1, 0.15) is 0 Å². The Balaban J connectivity index is 2.54. The van der Waals surface area contributed by atoms with E-state index in [9.17, 15) is 15.0 Å². The SMILES string of the molecule is COc1c(O)cccc1C1(C(=O)O)CCC1. The van der Waals surface area contributed by atoms with Gasteiger partial charge in [-0.2, -0.15) is 0 Å². The van der Waals surface area contributed by atoms with Gasteiger partial charge in [-0.25, -0.2) is 0 Å². The fraction of sp³-hybridized carbons (Fsp3) is 0.417. The molecule has 0 heterocycles. The molecule has 0 bridgehead atoms. The number of aliphatic carboxylic acids is 1. The highest BCUT2D eigenvalue weighted by molar-refractivity contribution is 5.84. The van der Waals surface area contributed by atoms with Crippen LogP contribution in [0.15, 0.2) is 18.2 Å². The molecule has 1 saturated carbocycles. The smallest absolute Gasteiger partial charge is 0.314 e. The van der Waals surface area contributed by atoms with Gasteiger partial charge in [-0.3, -0.25) is 4.79 Å². The maximum Gasteiger partial charge on any atom is 0.314 e. The van der Waals surface area contributed by atoms with Gasteiger partial charge in [-0.1, -0.05) is 18.6 Å². The first kappa shape index (κ1) is 10.8. The van der Waals surface area contributed by atoms with Crippen molar-refractivity contribution in [3.8, 4) is 11.5 Å². The topological polar surface area (TPSA) is 66.8 Å². The molecule has 1 aromatic carbocycles. The third kappa shape index (κ3) is 1.33. The Hall–Kier alpha value is -1.71. The first-order valence-corrected chi connectivity index (χ1v) is 5.21. The van der Waals surface area contributed by atoms with Gasteiger partial charge < -0.3 is 14.9 Å². The lowest BCUT2D eigenvalue weighted by Gasteiger charge is -2.38. The summed E-state index contributed by atoms with van der Waals surface area (Å²) >= 11 is 0. The molecule has 16 heavy (non-hydrogen) atoms.